The highest BCUT2D eigenvalue weighted by molar-refractivity contribution is 6.18. The Labute approximate surface area is 184 Å². The van der Waals surface area contributed by atoms with Crippen molar-refractivity contribution in [3.8, 4) is 6.07 Å². The van der Waals surface area contributed by atoms with Crippen LogP contribution in [0.4, 0.5) is 29.0 Å². The van der Waals surface area contributed by atoms with Crippen molar-refractivity contribution < 1.29 is 9.90 Å². The summed E-state index contributed by atoms with van der Waals surface area (Å²) in [6.07, 6.45) is 0. The van der Waals surface area contributed by atoms with Gasteiger partial charge in [0.15, 0.2) is 11.6 Å². The number of halogens is 2. The number of nitriles is 1. The lowest BCUT2D eigenvalue weighted by Gasteiger charge is -2.23. The standard InChI is InChI=1S/C16H20Cl2N8.C2H4O2/c17-5-7-26(8-6-18)11-3-1-10(2-4-11)12(9-19)23-13-14(20)24-16(22)25-15(13)21;1-2(3)4/h1-4,12,23H,5-8H2,(H6,20,21,22,24,25);1H3,(H,3,4). The molecule has 8 N–H and O–H groups in total. The van der Waals surface area contributed by atoms with Gasteiger partial charge in [-0.2, -0.15) is 15.2 Å². The number of aliphatic carboxylic acids is 1. The highest BCUT2D eigenvalue weighted by atomic mass is 35.5. The first kappa shape index (κ1) is 24.9. The van der Waals surface area contributed by atoms with E-state index in [0.29, 0.717) is 24.8 Å². The van der Waals surface area contributed by atoms with E-state index in [1.54, 1.807) is 0 Å². The minimum atomic E-state index is -0.833. The van der Waals surface area contributed by atoms with Crippen LogP contribution in [-0.4, -0.2) is 45.9 Å². The highest BCUT2D eigenvalue weighted by Crippen LogP contribution is 2.28. The van der Waals surface area contributed by atoms with Gasteiger partial charge < -0.3 is 32.5 Å². The molecule has 0 amide bonds. The summed E-state index contributed by atoms with van der Waals surface area (Å²) in [5.41, 5.74) is 19.1. The Morgan fingerprint density at radius 2 is 1.63 bits per heavy atom. The minimum Gasteiger partial charge on any atom is -0.481 e. The van der Waals surface area contributed by atoms with E-state index in [4.69, 9.17) is 50.3 Å². The first-order chi connectivity index (χ1) is 14.2. The van der Waals surface area contributed by atoms with Crippen molar-refractivity contribution in [1.29, 1.82) is 5.26 Å². The summed E-state index contributed by atoms with van der Waals surface area (Å²) in [7, 11) is 0. The highest BCUT2D eigenvalue weighted by Gasteiger charge is 2.16. The van der Waals surface area contributed by atoms with Crippen LogP contribution in [0, 0.1) is 11.3 Å². The van der Waals surface area contributed by atoms with E-state index in [9.17, 15) is 5.26 Å². The lowest BCUT2D eigenvalue weighted by molar-refractivity contribution is -0.134. The molecule has 1 atom stereocenters. The molecule has 1 aromatic carbocycles. The van der Waals surface area contributed by atoms with E-state index in [1.807, 2.05) is 24.3 Å². The quantitative estimate of drug-likeness (QED) is 0.371. The third-order valence-corrected chi connectivity index (χ3v) is 4.04. The van der Waals surface area contributed by atoms with Gasteiger partial charge in [-0.05, 0) is 17.7 Å². The van der Waals surface area contributed by atoms with Gasteiger partial charge in [-0.15, -0.1) is 23.2 Å². The van der Waals surface area contributed by atoms with Gasteiger partial charge in [0.2, 0.25) is 5.95 Å². The normalized spacial score (nSPS) is 10.9. The first-order valence-corrected chi connectivity index (χ1v) is 9.81. The van der Waals surface area contributed by atoms with Crippen molar-refractivity contribution in [2.75, 3.05) is 52.3 Å². The van der Waals surface area contributed by atoms with Gasteiger partial charge in [0.05, 0.1) is 6.07 Å². The molecule has 162 valence electrons. The topological polar surface area (TPSA) is 180 Å². The number of carboxylic acids is 1. The Morgan fingerprint density at radius 3 is 2.03 bits per heavy atom. The Balaban J connectivity index is 0.00000103. The molecule has 10 nitrogen and oxygen atoms in total. The number of alkyl halides is 2. The van der Waals surface area contributed by atoms with E-state index in [-0.39, 0.29) is 23.3 Å². The zero-order valence-corrected chi connectivity index (χ0v) is 17.9. The molecule has 0 aliphatic carbocycles. The Bertz CT molecular complexity index is 840. The predicted octanol–water partition coefficient (Wildman–Crippen LogP) is 2.27. The van der Waals surface area contributed by atoms with Crippen LogP contribution in [0.3, 0.4) is 0 Å². The van der Waals surface area contributed by atoms with Crippen LogP contribution in [0.15, 0.2) is 24.3 Å². The molecule has 0 saturated heterocycles. The molecule has 0 spiro atoms. The second-order valence-electron chi connectivity index (χ2n) is 5.91. The summed E-state index contributed by atoms with van der Waals surface area (Å²) in [6.45, 7) is 2.45. The van der Waals surface area contributed by atoms with Crippen molar-refractivity contribution in [2.24, 2.45) is 0 Å². The van der Waals surface area contributed by atoms with Gasteiger partial charge in [-0.25, -0.2) is 0 Å². The molecular formula is C18H24Cl2N8O2. The number of rotatable bonds is 8. The van der Waals surface area contributed by atoms with Gasteiger partial charge in [0.1, 0.15) is 11.7 Å². The van der Waals surface area contributed by atoms with Crippen molar-refractivity contribution in [3.63, 3.8) is 0 Å². The van der Waals surface area contributed by atoms with Crippen LogP contribution in [-0.2, 0) is 4.79 Å². The number of hydrogen-bond acceptors (Lipinski definition) is 9. The molecule has 0 aliphatic rings. The monoisotopic (exact) mass is 454 g/mol. The number of carboxylic acid groups (broad SMARTS) is 1. The molecule has 30 heavy (non-hydrogen) atoms. The van der Waals surface area contributed by atoms with E-state index in [1.165, 1.54) is 0 Å². The summed E-state index contributed by atoms with van der Waals surface area (Å²) >= 11 is 11.7. The zero-order valence-electron chi connectivity index (χ0n) is 16.3. The Morgan fingerprint density at radius 1 is 1.17 bits per heavy atom. The average Bonchev–Trinajstić information content (AvgIpc) is 2.67. The molecule has 2 rings (SSSR count). The first-order valence-electron chi connectivity index (χ1n) is 8.74. The largest absolute Gasteiger partial charge is 0.481 e. The summed E-state index contributed by atoms with van der Waals surface area (Å²) in [4.78, 5) is 18.8. The fourth-order valence-electron chi connectivity index (χ4n) is 2.45. The van der Waals surface area contributed by atoms with Gasteiger partial charge in [-0.3, -0.25) is 4.79 Å². The van der Waals surface area contributed by atoms with Crippen molar-refractivity contribution in [2.45, 2.75) is 13.0 Å². The molecule has 0 bridgehead atoms. The van der Waals surface area contributed by atoms with E-state index in [2.05, 4.69) is 26.3 Å². The van der Waals surface area contributed by atoms with Crippen LogP contribution in [0.1, 0.15) is 18.5 Å². The lowest BCUT2D eigenvalue weighted by atomic mass is 10.1. The Hall–Kier alpha value is -3.16. The summed E-state index contributed by atoms with van der Waals surface area (Å²) < 4.78 is 0. The van der Waals surface area contributed by atoms with Gasteiger partial charge >= 0.3 is 0 Å². The smallest absolute Gasteiger partial charge is 0.300 e. The third kappa shape index (κ3) is 7.69. The molecular weight excluding hydrogens is 431 g/mol. The Kier molecular flexibility index (Phi) is 10.3. The molecule has 1 unspecified atom stereocenters. The molecule has 1 aromatic heterocycles. The minimum absolute atomic E-state index is 0.0258. The number of nitrogen functional groups attached to an aromatic ring is 3. The maximum absolute atomic E-state index is 9.52. The van der Waals surface area contributed by atoms with Gasteiger partial charge in [-0.1, -0.05) is 12.1 Å². The van der Waals surface area contributed by atoms with Gasteiger partial charge in [0.25, 0.3) is 5.97 Å². The molecule has 12 heteroatoms. The lowest BCUT2D eigenvalue weighted by Crippen LogP contribution is -2.27. The molecule has 0 fully saturated rings. The number of hydrogen-bond donors (Lipinski definition) is 5. The molecule has 1 heterocycles. The maximum atomic E-state index is 9.52. The van der Waals surface area contributed by atoms with Gasteiger partial charge in [0, 0.05) is 37.5 Å². The van der Waals surface area contributed by atoms with Crippen LogP contribution in [0.25, 0.3) is 0 Å². The fourth-order valence-corrected chi connectivity index (χ4v) is 2.86. The molecule has 0 saturated carbocycles. The zero-order chi connectivity index (χ0) is 22.7. The molecule has 2 aromatic rings. The number of nitrogens with one attached hydrogen (secondary N) is 1. The van der Waals surface area contributed by atoms with E-state index in [0.717, 1.165) is 18.2 Å². The number of benzene rings is 1. The SMILES string of the molecule is CC(=O)O.N#CC(Nc1c(N)nc(N)nc1N)c1ccc(N(CCCl)CCCl)cc1. The van der Waals surface area contributed by atoms with Crippen molar-refractivity contribution in [3.05, 3.63) is 29.8 Å². The van der Waals surface area contributed by atoms with Crippen molar-refractivity contribution >= 4 is 58.1 Å². The predicted molar refractivity (Wildman–Crippen MR) is 121 cm³/mol. The molecule has 0 radical (unpaired) electrons. The third-order valence-electron chi connectivity index (χ3n) is 3.70. The number of aromatic nitrogens is 2. The average molecular weight is 455 g/mol. The summed E-state index contributed by atoms with van der Waals surface area (Å²) in [6, 6.07) is 8.99. The second kappa shape index (κ2) is 12.4. The second-order valence-corrected chi connectivity index (χ2v) is 6.67. The van der Waals surface area contributed by atoms with Crippen LogP contribution < -0.4 is 27.4 Å². The van der Waals surface area contributed by atoms with Crippen LogP contribution >= 0.6 is 23.2 Å². The maximum Gasteiger partial charge on any atom is 0.300 e. The summed E-state index contributed by atoms with van der Waals surface area (Å²) in [5, 5.41) is 19.9. The van der Waals surface area contributed by atoms with E-state index < -0.39 is 12.0 Å². The van der Waals surface area contributed by atoms with Crippen molar-refractivity contribution in [1.82, 2.24) is 9.97 Å². The number of anilines is 5. The molecule has 0 aliphatic heterocycles. The number of nitrogens with zero attached hydrogens (tertiary/aromatic N) is 4. The fraction of sp³-hybridized carbons (Fsp3) is 0.333. The number of nitrogens with two attached hydrogens (primary N) is 3. The summed E-state index contributed by atoms with van der Waals surface area (Å²) in [5.74, 6) is 0.305. The number of carbonyl (C=O) groups is 1. The van der Waals surface area contributed by atoms with Crippen LogP contribution in [0.5, 0.6) is 0 Å². The van der Waals surface area contributed by atoms with E-state index >= 15 is 0 Å². The van der Waals surface area contributed by atoms with Crippen LogP contribution in [0.2, 0.25) is 0 Å².